The van der Waals surface area contributed by atoms with Gasteiger partial charge in [-0.25, -0.2) is 0 Å². The Kier molecular flexibility index (Phi) is 4.60. The van der Waals surface area contributed by atoms with Gasteiger partial charge in [0.25, 0.3) is 0 Å². The highest BCUT2D eigenvalue weighted by atomic mass is 16.5. The molecule has 2 aromatic carbocycles. The molecule has 26 heavy (non-hydrogen) atoms. The summed E-state index contributed by atoms with van der Waals surface area (Å²) in [7, 11) is 4.06. The lowest BCUT2D eigenvalue weighted by atomic mass is 9.86. The molecule has 0 aromatic heterocycles. The first kappa shape index (κ1) is 17.8. The average molecular weight is 364 g/mol. The molecule has 0 saturated heterocycles. The Morgan fingerprint density at radius 3 is 2.19 bits per heavy atom. The summed E-state index contributed by atoms with van der Waals surface area (Å²) in [5, 5.41) is 41.4. The van der Waals surface area contributed by atoms with Crippen LogP contribution in [0.4, 0.5) is 0 Å². The van der Waals surface area contributed by atoms with Crippen LogP contribution in [0.1, 0.15) is 23.1 Å². The summed E-state index contributed by atoms with van der Waals surface area (Å²) in [6.45, 7) is 0.0163. The fraction of sp³-hybridized carbons (Fsp3) is 0.333. The van der Waals surface area contributed by atoms with Crippen molar-refractivity contribution in [2.24, 2.45) is 0 Å². The number of benzene rings is 2. The van der Waals surface area contributed by atoms with Crippen LogP contribution in [0.25, 0.3) is 0 Å². The van der Waals surface area contributed by atoms with Crippen LogP contribution in [0, 0.1) is 0 Å². The molecule has 0 spiro atoms. The summed E-state index contributed by atoms with van der Waals surface area (Å²) >= 11 is 0. The monoisotopic (exact) mass is 364 g/mol. The van der Waals surface area contributed by atoms with E-state index in [9.17, 15) is 20.4 Å². The van der Waals surface area contributed by atoms with Crippen molar-refractivity contribution in [2.45, 2.75) is 12.0 Å². The molecule has 8 nitrogen and oxygen atoms in total. The van der Waals surface area contributed by atoms with E-state index in [1.165, 1.54) is 39.5 Å². The van der Waals surface area contributed by atoms with Crippen molar-refractivity contribution in [1.29, 1.82) is 0 Å². The lowest BCUT2D eigenvalue weighted by molar-refractivity contribution is 0.0868. The summed E-state index contributed by atoms with van der Waals surface area (Å²) in [6, 6.07) is 4.13. The standard InChI is InChI=1S/C18H20O8/c1-23-14-5-9-13(6-11(14)19)26-7-10(15(9)21)8-4-12(20)17(24-2)18(25-3)16(8)22/h4-6,10,15,19-22H,7H2,1-3H3. The van der Waals surface area contributed by atoms with Gasteiger partial charge in [0.05, 0.1) is 40.0 Å². The quantitative estimate of drug-likeness (QED) is 0.609. The molecule has 0 bridgehead atoms. The van der Waals surface area contributed by atoms with Crippen molar-refractivity contribution >= 4 is 0 Å². The van der Waals surface area contributed by atoms with E-state index in [2.05, 4.69) is 0 Å². The molecule has 1 aliphatic rings. The minimum Gasteiger partial charge on any atom is -0.504 e. The molecule has 4 N–H and O–H groups in total. The molecule has 0 radical (unpaired) electrons. The maximum absolute atomic E-state index is 10.8. The third-order valence-corrected chi connectivity index (χ3v) is 4.46. The summed E-state index contributed by atoms with van der Waals surface area (Å²) in [5.74, 6) is -0.841. The first-order valence-electron chi connectivity index (χ1n) is 7.81. The number of phenolic OH excluding ortho intramolecular Hbond substituents is 3. The third-order valence-electron chi connectivity index (χ3n) is 4.46. The zero-order chi connectivity index (χ0) is 19.0. The Morgan fingerprint density at radius 2 is 1.58 bits per heavy atom. The number of rotatable bonds is 4. The predicted octanol–water partition coefficient (Wildman–Crippen LogP) is 2.04. The normalized spacial score (nSPS) is 18.6. The van der Waals surface area contributed by atoms with Gasteiger partial charge in [-0.05, 0) is 12.1 Å². The number of aliphatic hydroxyl groups is 1. The van der Waals surface area contributed by atoms with Crippen LogP contribution in [-0.2, 0) is 0 Å². The molecule has 0 saturated carbocycles. The minimum absolute atomic E-state index is 0.00745. The first-order valence-corrected chi connectivity index (χ1v) is 7.81. The van der Waals surface area contributed by atoms with E-state index >= 15 is 0 Å². The van der Waals surface area contributed by atoms with Crippen LogP contribution in [-0.4, -0.2) is 48.4 Å². The van der Waals surface area contributed by atoms with Crippen molar-refractivity contribution in [3.8, 4) is 40.2 Å². The van der Waals surface area contributed by atoms with E-state index in [4.69, 9.17) is 18.9 Å². The van der Waals surface area contributed by atoms with Gasteiger partial charge in [-0.3, -0.25) is 0 Å². The topological polar surface area (TPSA) is 118 Å². The summed E-state index contributed by atoms with van der Waals surface area (Å²) in [5.41, 5.74) is 0.634. The van der Waals surface area contributed by atoms with Crippen molar-refractivity contribution in [1.82, 2.24) is 0 Å². The number of ether oxygens (including phenoxy) is 4. The molecule has 2 atom stereocenters. The predicted molar refractivity (Wildman–Crippen MR) is 90.7 cm³/mol. The number of fused-ring (bicyclic) bond motifs is 1. The number of hydrogen-bond donors (Lipinski definition) is 4. The van der Waals surface area contributed by atoms with Crippen LogP contribution in [0.3, 0.4) is 0 Å². The third kappa shape index (κ3) is 2.68. The Hall–Kier alpha value is -3.00. The molecule has 1 heterocycles. The Morgan fingerprint density at radius 1 is 0.885 bits per heavy atom. The van der Waals surface area contributed by atoms with Crippen LogP contribution >= 0.6 is 0 Å². The molecule has 140 valence electrons. The van der Waals surface area contributed by atoms with Gasteiger partial charge in [-0.2, -0.15) is 0 Å². The number of aromatic hydroxyl groups is 3. The van der Waals surface area contributed by atoms with Crippen molar-refractivity contribution < 1.29 is 39.4 Å². The molecular weight excluding hydrogens is 344 g/mol. The molecule has 8 heteroatoms. The average Bonchev–Trinajstić information content (AvgIpc) is 2.63. The van der Waals surface area contributed by atoms with Crippen molar-refractivity contribution in [2.75, 3.05) is 27.9 Å². The molecular formula is C18H20O8. The first-order chi connectivity index (χ1) is 12.4. The van der Waals surface area contributed by atoms with E-state index in [1.807, 2.05) is 0 Å². The van der Waals surface area contributed by atoms with Gasteiger partial charge in [0, 0.05) is 17.2 Å². The highest BCUT2D eigenvalue weighted by Crippen LogP contribution is 2.52. The second-order valence-electron chi connectivity index (χ2n) is 5.82. The summed E-state index contributed by atoms with van der Waals surface area (Å²) in [4.78, 5) is 0. The van der Waals surface area contributed by atoms with Gasteiger partial charge >= 0.3 is 0 Å². The number of phenols is 3. The highest BCUT2D eigenvalue weighted by molar-refractivity contribution is 5.63. The summed E-state index contributed by atoms with van der Waals surface area (Å²) in [6.07, 6.45) is -1.07. The Balaban J connectivity index is 2.08. The van der Waals surface area contributed by atoms with Gasteiger partial charge in [0.1, 0.15) is 5.75 Å². The SMILES string of the molecule is COc1cc2c(cc1O)OCC(c1cc(O)c(OC)c(OC)c1O)C2O. The number of methoxy groups -OCH3 is 3. The van der Waals surface area contributed by atoms with Crippen LogP contribution < -0.4 is 18.9 Å². The fourth-order valence-corrected chi connectivity index (χ4v) is 3.14. The molecule has 2 aromatic rings. The molecule has 3 rings (SSSR count). The van der Waals surface area contributed by atoms with E-state index in [-0.39, 0.29) is 46.7 Å². The van der Waals surface area contributed by atoms with Crippen LogP contribution in [0.5, 0.6) is 40.2 Å². The highest BCUT2D eigenvalue weighted by Gasteiger charge is 2.35. The largest absolute Gasteiger partial charge is 0.504 e. The minimum atomic E-state index is -1.07. The zero-order valence-corrected chi connectivity index (χ0v) is 14.5. The number of hydrogen-bond acceptors (Lipinski definition) is 8. The lowest BCUT2D eigenvalue weighted by Gasteiger charge is -2.31. The second-order valence-corrected chi connectivity index (χ2v) is 5.82. The van der Waals surface area contributed by atoms with Crippen molar-refractivity contribution in [3.63, 3.8) is 0 Å². The fourth-order valence-electron chi connectivity index (χ4n) is 3.14. The van der Waals surface area contributed by atoms with Crippen LogP contribution in [0.2, 0.25) is 0 Å². The molecule has 0 aliphatic carbocycles. The zero-order valence-electron chi connectivity index (χ0n) is 14.5. The van der Waals surface area contributed by atoms with Gasteiger partial charge in [-0.15, -0.1) is 0 Å². The van der Waals surface area contributed by atoms with Crippen LogP contribution in [0.15, 0.2) is 18.2 Å². The number of aliphatic hydroxyl groups excluding tert-OH is 1. The molecule has 1 aliphatic heterocycles. The van der Waals surface area contributed by atoms with Gasteiger partial charge in [0.15, 0.2) is 23.0 Å². The molecule has 2 unspecified atom stereocenters. The van der Waals surface area contributed by atoms with Gasteiger partial charge in [-0.1, -0.05) is 0 Å². The van der Waals surface area contributed by atoms with E-state index in [0.717, 1.165) is 0 Å². The van der Waals surface area contributed by atoms with Gasteiger partial charge in [0.2, 0.25) is 11.5 Å². The van der Waals surface area contributed by atoms with E-state index in [1.54, 1.807) is 0 Å². The summed E-state index contributed by atoms with van der Waals surface area (Å²) < 4.78 is 20.9. The Bertz CT molecular complexity index is 833. The lowest BCUT2D eigenvalue weighted by Crippen LogP contribution is -2.24. The van der Waals surface area contributed by atoms with E-state index in [0.29, 0.717) is 11.3 Å². The van der Waals surface area contributed by atoms with E-state index < -0.39 is 12.0 Å². The maximum atomic E-state index is 10.8. The maximum Gasteiger partial charge on any atom is 0.207 e. The molecule has 0 fully saturated rings. The van der Waals surface area contributed by atoms with Gasteiger partial charge < -0.3 is 39.4 Å². The Labute approximate surface area is 149 Å². The smallest absolute Gasteiger partial charge is 0.207 e. The molecule has 0 amide bonds. The van der Waals surface area contributed by atoms with Crippen molar-refractivity contribution in [3.05, 3.63) is 29.3 Å². The second kappa shape index (κ2) is 6.72.